The molecule has 1 unspecified atom stereocenters. The lowest BCUT2D eigenvalue weighted by Crippen LogP contribution is -2.55. The number of carbonyl (C=O) groups is 1. The number of likely N-dealkylation sites (tertiary alicyclic amines) is 1. The standard InChI is InChI=1S/C12H26N4O/c1-9(2)11(12(17)14-13)16-7-5-10(6-8-16)15(3)4/h9-11H,5-8,13H2,1-4H3,(H,14,17). The number of hydrogen-bond donors (Lipinski definition) is 2. The first-order chi connectivity index (χ1) is 7.97. The Morgan fingerprint density at radius 3 is 2.24 bits per heavy atom. The molecule has 1 saturated heterocycles. The highest BCUT2D eigenvalue weighted by atomic mass is 16.2. The van der Waals surface area contributed by atoms with Crippen LogP contribution in [-0.2, 0) is 4.79 Å². The molecule has 1 amide bonds. The van der Waals surface area contributed by atoms with Gasteiger partial charge in [-0.2, -0.15) is 0 Å². The van der Waals surface area contributed by atoms with Crippen LogP contribution in [0.3, 0.4) is 0 Å². The number of nitrogens with one attached hydrogen (secondary N) is 1. The number of nitrogens with zero attached hydrogens (tertiary/aromatic N) is 2. The van der Waals surface area contributed by atoms with E-state index in [0.29, 0.717) is 6.04 Å². The summed E-state index contributed by atoms with van der Waals surface area (Å²) >= 11 is 0. The second kappa shape index (κ2) is 6.33. The van der Waals surface area contributed by atoms with Gasteiger partial charge in [0.15, 0.2) is 0 Å². The smallest absolute Gasteiger partial charge is 0.251 e. The average Bonchev–Trinajstić information content (AvgIpc) is 2.29. The molecule has 3 N–H and O–H groups in total. The number of carbonyl (C=O) groups excluding carboxylic acids is 1. The highest BCUT2D eigenvalue weighted by molar-refractivity contribution is 5.81. The van der Waals surface area contributed by atoms with Crippen LogP contribution in [0.1, 0.15) is 26.7 Å². The van der Waals surface area contributed by atoms with Gasteiger partial charge in [-0.05, 0) is 32.9 Å². The van der Waals surface area contributed by atoms with Crippen LogP contribution in [0.4, 0.5) is 0 Å². The van der Waals surface area contributed by atoms with Gasteiger partial charge in [0.2, 0.25) is 0 Å². The Morgan fingerprint density at radius 2 is 1.88 bits per heavy atom. The minimum atomic E-state index is -0.0943. The van der Waals surface area contributed by atoms with Crippen LogP contribution in [0.5, 0.6) is 0 Å². The number of hydrazine groups is 1. The van der Waals surface area contributed by atoms with Crippen LogP contribution >= 0.6 is 0 Å². The fraction of sp³-hybridized carbons (Fsp3) is 0.917. The fourth-order valence-electron chi connectivity index (χ4n) is 2.66. The highest BCUT2D eigenvalue weighted by Gasteiger charge is 2.31. The van der Waals surface area contributed by atoms with E-state index in [2.05, 4.69) is 43.2 Å². The summed E-state index contributed by atoms with van der Waals surface area (Å²) in [4.78, 5) is 16.3. The van der Waals surface area contributed by atoms with E-state index in [1.807, 2.05) is 0 Å². The first-order valence-electron chi connectivity index (χ1n) is 6.38. The zero-order valence-corrected chi connectivity index (χ0v) is 11.4. The van der Waals surface area contributed by atoms with Crippen LogP contribution in [0, 0.1) is 5.92 Å². The molecule has 0 saturated carbocycles. The quantitative estimate of drug-likeness (QED) is 0.415. The normalized spacial score (nSPS) is 20.9. The molecule has 1 aliphatic rings. The molecule has 0 aromatic heterocycles. The maximum absolute atomic E-state index is 11.8. The Bertz CT molecular complexity index is 247. The Labute approximate surface area is 104 Å². The van der Waals surface area contributed by atoms with Gasteiger partial charge in [-0.15, -0.1) is 0 Å². The van der Waals surface area contributed by atoms with E-state index in [1.165, 1.54) is 0 Å². The molecule has 5 nitrogen and oxygen atoms in total. The van der Waals surface area contributed by atoms with Crippen molar-refractivity contribution < 1.29 is 4.79 Å². The summed E-state index contributed by atoms with van der Waals surface area (Å²) in [5, 5.41) is 0. The number of nitrogens with two attached hydrogens (primary N) is 1. The SMILES string of the molecule is CC(C)C(C(=O)NN)N1CCC(N(C)C)CC1. The molecule has 1 aliphatic heterocycles. The van der Waals surface area contributed by atoms with Crippen molar-refractivity contribution in [2.24, 2.45) is 11.8 Å². The lowest BCUT2D eigenvalue weighted by atomic mass is 9.96. The van der Waals surface area contributed by atoms with Gasteiger partial charge in [-0.25, -0.2) is 5.84 Å². The lowest BCUT2D eigenvalue weighted by Gasteiger charge is -2.40. The van der Waals surface area contributed by atoms with Crippen molar-refractivity contribution in [3.8, 4) is 0 Å². The molecule has 0 aromatic rings. The summed E-state index contributed by atoms with van der Waals surface area (Å²) in [5.74, 6) is 5.48. The number of amides is 1. The largest absolute Gasteiger partial charge is 0.306 e. The monoisotopic (exact) mass is 242 g/mol. The third kappa shape index (κ3) is 3.66. The topological polar surface area (TPSA) is 61.6 Å². The summed E-state index contributed by atoms with van der Waals surface area (Å²) in [6.45, 7) is 6.08. The molecular formula is C12H26N4O. The van der Waals surface area contributed by atoms with Crippen molar-refractivity contribution in [1.29, 1.82) is 0 Å². The molecule has 100 valence electrons. The summed E-state index contributed by atoms with van der Waals surface area (Å²) < 4.78 is 0. The first-order valence-corrected chi connectivity index (χ1v) is 6.38. The van der Waals surface area contributed by atoms with Crippen LogP contribution in [-0.4, -0.2) is 55.0 Å². The first kappa shape index (κ1) is 14.4. The molecular weight excluding hydrogens is 216 g/mol. The number of piperidine rings is 1. The Hall–Kier alpha value is -0.650. The predicted octanol–water partition coefficient (Wildman–Crippen LogP) is 0.0269. The zero-order chi connectivity index (χ0) is 13.0. The van der Waals surface area contributed by atoms with Crippen LogP contribution in [0.2, 0.25) is 0 Å². The summed E-state index contributed by atoms with van der Waals surface area (Å²) in [7, 11) is 4.24. The third-order valence-electron chi connectivity index (χ3n) is 3.67. The summed E-state index contributed by atoms with van der Waals surface area (Å²) in [6, 6.07) is 0.545. The third-order valence-corrected chi connectivity index (χ3v) is 3.67. The maximum Gasteiger partial charge on any atom is 0.251 e. The maximum atomic E-state index is 11.8. The molecule has 1 rings (SSSR count). The van der Waals surface area contributed by atoms with E-state index >= 15 is 0 Å². The molecule has 0 aliphatic carbocycles. The number of rotatable bonds is 4. The minimum absolute atomic E-state index is 0.0664. The lowest BCUT2D eigenvalue weighted by molar-refractivity contribution is -0.128. The molecule has 1 fully saturated rings. The van der Waals surface area contributed by atoms with Gasteiger partial charge in [-0.3, -0.25) is 15.1 Å². The average molecular weight is 242 g/mol. The molecule has 1 atom stereocenters. The number of hydrogen-bond acceptors (Lipinski definition) is 4. The molecule has 1 heterocycles. The van der Waals surface area contributed by atoms with Crippen molar-refractivity contribution in [1.82, 2.24) is 15.2 Å². The van der Waals surface area contributed by atoms with Gasteiger partial charge in [-0.1, -0.05) is 13.8 Å². The molecule has 0 bridgehead atoms. The molecule has 17 heavy (non-hydrogen) atoms. The summed E-state index contributed by atoms with van der Waals surface area (Å²) in [6.07, 6.45) is 2.24. The van der Waals surface area contributed by atoms with E-state index in [4.69, 9.17) is 5.84 Å². The van der Waals surface area contributed by atoms with Gasteiger partial charge in [0.05, 0.1) is 6.04 Å². The molecule has 0 radical (unpaired) electrons. The van der Waals surface area contributed by atoms with E-state index in [9.17, 15) is 4.79 Å². The van der Waals surface area contributed by atoms with Gasteiger partial charge >= 0.3 is 0 Å². The predicted molar refractivity (Wildman–Crippen MR) is 69.2 cm³/mol. The summed E-state index contributed by atoms with van der Waals surface area (Å²) in [5.41, 5.74) is 2.29. The van der Waals surface area contributed by atoms with Crippen molar-refractivity contribution in [2.75, 3.05) is 27.2 Å². The van der Waals surface area contributed by atoms with E-state index in [0.717, 1.165) is 25.9 Å². The Morgan fingerprint density at radius 1 is 1.35 bits per heavy atom. The minimum Gasteiger partial charge on any atom is -0.306 e. The second-order valence-corrected chi connectivity index (χ2v) is 5.43. The van der Waals surface area contributed by atoms with Crippen molar-refractivity contribution in [3.05, 3.63) is 0 Å². The zero-order valence-electron chi connectivity index (χ0n) is 11.4. The Kier molecular flexibility index (Phi) is 5.36. The Balaban J connectivity index is 2.58. The van der Waals surface area contributed by atoms with Crippen LogP contribution in [0.25, 0.3) is 0 Å². The van der Waals surface area contributed by atoms with Gasteiger partial charge in [0, 0.05) is 19.1 Å². The molecule has 5 heteroatoms. The molecule has 0 spiro atoms. The van der Waals surface area contributed by atoms with Crippen molar-refractivity contribution in [2.45, 2.75) is 38.8 Å². The van der Waals surface area contributed by atoms with E-state index in [1.54, 1.807) is 0 Å². The second-order valence-electron chi connectivity index (χ2n) is 5.43. The van der Waals surface area contributed by atoms with E-state index in [-0.39, 0.29) is 17.9 Å². The van der Waals surface area contributed by atoms with Gasteiger partial charge in [0.1, 0.15) is 0 Å². The highest BCUT2D eigenvalue weighted by Crippen LogP contribution is 2.20. The van der Waals surface area contributed by atoms with Gasteiger partial charge < -0.3 is 4.90 Å². The van der Waals surface area contributed by atoms with Crippen molar-refractivity contribution >= 4 is 5.91 Å². The fourth-order valence-corrected chi connectivity index (χ4v) is 2.66. The van der Waals surface area contributed by atoms with Gasteiger partial charge in [0.25, 0.3) is 5.91 Å². The van der Waals surface area contributed by atoms with E-state index < -0.39 is 0 Å². The molecule has 0 aromatic carbocycles. The van der Waals surface area contributed by atoms with Crippen LogP contribution in [0.15, 0.2) is 0 Å². The van der Waals surface area contributed by atoms with Crippen LogP contribution < -0.4 is 11.3 Å². The van der Waals surface area contributed by atoms with Crippen molar-refractivity contribution in [3.63, 3.8) is 0 Å².